The number of rotatable bonds is 5. The zero-order valence-electron chi connectivity index (χ0n) is 13.2. The highest BCUT2D eigenvalue weighted by Gasteiger charge is 2.23. The van der Waals surface area contributed by atoms with Gasteiger partial charge in [-0.05, 0) is 31.5 Å². The van der Waals surface area contributed by atoms with E-state index in [1.165, 1.54) is 6.92 Å². The molecule has 5 nitrogen and oxygen atoms in total. The lowest BCUT2D eigenvalue weighted by molar-refractivity contribution is 0.0599. The minimum absolute atomic E-state index is 0.0647. The summed E-state index contributed by atoms with van der Waals surface area (Å²) >= 11 is 0. The van der Waals surface area contributed by atoms with Gasteiger partial charge in [-0.2, -0.15) is 0 Å². The molecule has 120 valence electrons. The summed E-state index contributed by atoms with van der Waals surface area (Å²) in [4.78, 5) is 23.3. The van der Waals surface area contributed by atoms with Crippen LogP contribution in [0.15, 0.2) is 54.6 Å². The molecular formula is C18H20N2O3. The third-order valence-electron chi connectivity index (χ3n) is 3.52. The van der Waals surface area contributed by atoms with Gasteiger partial charge in [0.05, 0.1) is 6.54 Å². The molecule has 23 heavy (non-hydrogen) atoms. The van der Waals surface area contributed by atoms with E-state index in [4.69, 9.17) is 0 Å². The minimum Gasteiger partial charge on any atom is -0.384 e. The minimum atomic E-state index is -1.17. The predicted molar refractivity (Wildman–Crippen MR) is 89.5 cm³/mol. The summed E-state index contributed by atoms with van der Waals surface area (Å²) in [5, 5.41) is 15.7. The number of nitrogens with one attached hydrogen (secondary N) is 2. The second-order valence-corrected chi connectivity index (χ2v) is 5.58. The number of carbonyl (C=O) groups excluding carboxylic acids is 2. The zero-order valence-corrected chi connectivity index (χ0v) is 13.2. The average molecular weight is 312 g/mol. The van der Waals surface area contributed by atoms with Crippen molar-refractivity contribution in [3.05, 3.63) is 65.7 Å². The number of anilines is 1. The molecule has 1 atom stereocenters. The molecule has 0 aliphatic heterocycles. The van der Waals surface area contributed by atoms with E-state index in [0.29, 0.717) is 11.3 Å². The topological polar surface area (TPSA) is 78.4 Å². The number of amides is 2. The second-order valence-electron chi connectivity index (χ2n) is 5.58. The number of benzene rings is 2. The normalized spacial score (nSPS) is 13.0. The standard InChI is InChI=1S/C18H20N2O3/c1-13(21)14-7-6-10-16(11-14)20-17(22)19-12-18(2,23)15-8-4-3-5-9-15/h3-11,23H,12H2,1-2H3,(H2,19,20,22). The van der Waals surface area contributed by atoms with Crippen LogP contribution in [-0.4, -0.2) is 23.5 Å². The van der Waals surface area contributed by atoms with Gasteiger partial charge in [0, 0.05) is 11.3 Å². The van der Waals surface area contributed by atoms with Gasteiger partial charge in [-0.3, -0.25) is 4.79 Å². The maximum absolute atomic E-state index is 12.0. The van der Waals surface area contributed by atoms with Crippen molar-refractivity contribution in [1.29, 1.82) is 0 Å². The molecule has 0 heterocycles. The summed E-state index contributed by atoms with van der Waals surface area (Å²) in [7, 11) is 0. The number of carbonyl (C=O) groups is 2. The highest BCUT2D eigenvalue weighted by atomic mass is 16.3. The van der Waals surface area contributed by atoms with Crippen molar-refractivity contribution in [2.45, 2.75) is 19.4 Å². The molecule has 3 N–H and O–H groups in total. The van der Waals surface area contributed by atoms with Crippen LogP contribution in [-0.2, 0) is 5.60 Å². The van der Waals surface area contributed by atoms with Crippen LogP contribution in [0.3, 0.4) is 0 Å². The van der Waals surface area contributed by atoms with Crippen molar-refractivity contribution >= 4 is 17.5 Å². The van der Waals surface area contributed by atoms with Gasteiger partial charge in [-0.15, -0.1) is 0 Å². The van der Waals surface area contributed by atoms with Crippen LogP contribution in [0.2, 0.25) is 0 Å². The molecule has 0 aromatic heterocycles. The molecule has 2 aromatic carbocycles. The molecular weight excluding hydrogens is 292 g/mol. The van der Waals surface area contributed by atoms with Gasteiger partial charge in [0.1, 0.15) is 5.60 Å². The number of urea groups is 1. The van der Waals surface area contributed by atoms with E-state index in [2.05, 4.69) is 10.6 Å². The molecule has 1 unspecified atom stereocenters. The summed E-state index contributed by atoms with van der Waals surface area (Å²) in [5.41, 5.74) is 0.604. The highest BCUT2D eigenvalue weighted by Crippen LogP contribution is 2.19. The molecule has 0 aliphatic rings. The van der Waals surface area contributed by atoms with Crippen LogP contribution in [0.5, 0.6) is 0 Å². The van der Waals surface area contributed by atoms with Gasteiger partial charge in [-0.25, -0.2) is 4.79 Å². The molecule has 0 fully saturated rings. The van der Waals surface area contributed by atoms with Gasteiger partial charge in [0.2, 0.25) is 0 Å². The molecule has 2 aromatic rings. The first kappa shape index (κ1) is 16.7. The quantitative estimate of drug-likeness (QED) is 0.743. The first-order valence-electron chi connectivity index (χ1n) is 7.32. The van der Waals surface area contributed by atoms with E-state index in [0.717, 1.165) is 5.56 Å². The van der Waals surface area contributed by atoms with E-state index in [1.54, 1.807) is 43.3 Å². The highest BCUT2D eigenvalue weighted by molar-refractivity contribution is 5.96. The van der Waals surface area contributed by atoms with Crippen molar-refractivity contribution in [3.8, 4) is 0 Å². The Morgan fingerprint density at radius 3 is 2.43 bits per heavy atom. The van der Waals surface area contributed by atoms with Crippen molar-refractivity contribution in [1.82, 2.24) is 5.32 Å². The van der Waals surface area contributed by atoms with Crippen molar-refractivity contribution in [2.75, 3.05) is 11.9 Å². The number of Topliss-reactive ketones (excluding diaryl/α,β-unsaturated/α-hetero) is 1. The summed E-state index contributed by atoms with van der Waals surface area (Å²) in [6.07, 6.45) is 0. The summed E-state index contributed by atoms with van der Waals surface area (Å²) in [6, 6.07) is 15.4. The van der Waals surface area contributed by atoms with Crippen molar-refractivity contribution in [3.63, 3.8) is 0 Å². The Morgan fingerprint density at radius 1 is 1.09 bits per heavy atom. The van der Waals surface area contributed by atoms with Gasteiger partial charge >= 0.3 is 6.03 Å². The first-order valence-corrected chi connectivity index (χ1v) is 7.32. The molecule has 0 spiro atoms. The third kappa shape index (κ3) is 4.66. The van der Waals surface area contributed by atoms with Gasteiger partial charge in [0.25, 0.3) is 0 Å². The van der Waals surface area contributed by atoms with E-state index in [9.17, 15) is 14.7 Å². The number of hydrogen-bond acceptors (Lipinski definition) is 3. The number of hydrogen-bond donors (Lipinski definition) is 3. The van der Waals surface area contributed by atoms with E-state index in [1.807, 2.05) is 18.2 Å². The predicted octanol–water partition coefficient (Wildman–Crippen LogP) is 2.92. The van der Waals surface area contributed by atoms with Crippen LogP contribution in [0.1, 0.15) is 29.8 Å². The van der Waals surface area contributed by atoms with Crippen molar-refractivity contribution < 1.29 is 14.7 Å². The molecule has 0 radical (unpaired) electrons. The fraction of sp³-hybridized carbons (Fsp3) is 0.222. The van der Waals surface area contributed by atoms with Gasteiger partial charge in [0.15, 0.2) is 5.78 Å². The monoisotopic (exact) mass is 312 g/mol. The molecule has 0 aliphatic carbocycles. The Bertz CT molecular complexity index is 696. The Hall–Kier alpha value is -2.66. The Kier molecular flexibility index (Phi) is 5.13. The van der Waals surface area contributed by atoms with E-state index >= 15 is 0 Å². The molecule has 0 bridgehead atoms. The smallest absolute Gasteiger partial charge is 0.319 e. The lowest BCUT2D eigenvalue weighted by Crippen LogP contribution is -2.40. The molecule has 0 saturated carbocycles. The fourth-order valence-corrected chi connectivity index (χ4v) is 2.14. The van der Waals surface area contributed by atoms with Crippen LogP contribution in [0, 0.1) is 0 Å². The molecule has 2 amide bonds. The molecule has 5 heteroatoms. The largest absolute Gasteiger partial charge is 0.384 e. The summed E-state index contributed by atoms with van der Waals surface area (Å²) in [6.45, 7) is 3.17. The van der Waals surface area contributed by atoms with Crippen LogP contribution < -0.4 is 10.6 Å². The van der Waals surface area contributed by atoms with E-state index < -0.39 is 11.6 Å². The molecule has 0 saturated heterocycles. The fourth-order valence-electron chi connectivity index (χ4n) is 2.14. The first-order chi connectivity index (χ1) is 10.9. The molecule has 2 rings (SSSR count). The average Bonchev–Trinajstić information content (AvgIpc) is 2.54. The maximum Gasteiger partial charge on any atom is 0.319 e. The lowest BCUT2D eigenvalue weighted by Gasteiger charge is -2.24. The van der Waals surface area contributed by atoms with E-state index in [-0.39, 0.29) is 12.3 Å². The summed E-state index contributed by atoms with van der Waals surface area (Å²) in [5.74, 6) is -0.0685. The van der Waals surface area contributed by atoms with Crippen LogP contribution >= 0.6 is 0 Å². The third-order valence-corrected chi connectivity index (χ3v) is 3.52. The maximum atomic E-state index is 12.0. The second kappa shape index (κ2) is 7.07. The van der Waals surface area contributed by atoms with Gasteiger partial charge in [-0.1, -0.05) is 42.5 Å². The van der Waals surface area contributed by atoms with Crippen molar-refractivity contribution in [2.24, 2.45) is 0 Å². The Labute approximate surface area is 135 Å². The Morgan fingerprint density at radius 2 is 1.78 bits per heavy atom. The number of ketones is 1. The van der Waals surface area contributed by atoms with Crippen LogP contribution in [0.25, 0.3) is 0 Å². The summed E-state index contributed by atoms with van der Waals surface area (Å²) < 4.78 is 0. The Balaban J connectivity index is 1.95. The zero-order chi connectivity index (χ0) is 16.9. The SMILES string of the molecule is CC(=O)c1cccc(NC(=O)NCC(C)(O)c2ccccc2)c1. The lowest BCUT2D eigenvalue weighted by atomic mass is 9.96. The van der Waals surface area contributed by atoms with Gasteiger partial charge < -0.3 is 15.7 Å². The van der Waals surface area contributed by atoms with Crippen LogP contribution in [0.4, 0.5) is 10.5 Å². The number of aliphatic hydroxyl groups is 1.